The van der Waals surface area contributed by atoms with Gasteiger partial charge in [0.15, 0.2) is 0 Å². The van der Waals surface area contributed by atoms with Crippen molar-refractivity contribution in [3.63, 3.8) is 0 Å². The summed E-state index contributed by atoms with van der Waals surface area (Å²) in [5, 5.41) is 14.4. The smallest absolute Gasteiger partial charge is 0.123 e. The highest BCUT2D eigenvalue weighted by Gasteiger charge is 2.24. The molecule has 2 rings (SSSR count). The first-order valence-electron chi connectivity index (χ1n) is 7.07. The Morgan fingerprint density at radius 3 is 2.48 bits per heavy atom. The lowest BCUT2D eigenvalue weighted by Crippen LogP contribution is -2.45. The minimum Gasteiger partial charge on any atom is -0.507 e. The molecule has 1 atom stereocenters. The van der Waals surface area contributed by atoms with Crippen LogP contribution in [0.5, 0.6) is 5.75 Å². The number of phenolic OH excluding ortho intramolecular Hbond substituents is 1. The number of rotatable bonds is 4. The monoisotopic (exact) mass is 354 g/mol. The van der Waals surface area contributed by atoms with E-state index in [9.17, 15) is 5.11 Å². The van der Waals surface area contributed by atoms with Gasteiger partial charge in [0.25, 0.3) is 0 Å². The molecule has 1 heterocycles. The highest BCUT2D eigenvalue weighted by atomic mass is 35.5. The molecule has 2 N–H and O–H groups in total. The van der Waals surface area contributed by atoms with Crippen LogP contribution in [0.4, 0.5) is 0 Å². The van der Waals surface area contributed by atoms with E-state index in [1.807, 2.05) is 19.1 Å². The van der Waals surface area contributed by atoms with Gasteiger partial charge >= 0.3 is 0 Å². The number of aryl methyl sites for hydroxylation is 1. The van der Waals surface area contributed by atoms with Crippen molar-refractivity contribution in [1.82, 2.24) is 10.2 Å². The number of benzene rings is 1. The van der Waals surface area contributed by atoms with Crippen molar-refractivity contribution in [1.29, 1.82) is 0 Å². The summed E-state index contributed by atoms with van der Waals surface area (Å²) in [4.78, 5) is 2.45. The Kier molecular flexibility index (Phi) is 9.66. The summed E-state index contributed by atoms with van der Waals surface area (Å²) in [5.41, 5.74) is 1.84. The molecule has 1 aliphatic heterocycles. The van der Waals surface area contributed by atoms with E-state index in [2.05, 4.69) is 17.1 Å². The van der Waals surface area contributed by atoms with Gasteiger partial charge in [-0.3, -0.25) is 4.90 Å². The van der Waals surface area contributed by atoms with Crippen molar-refractivity contribution >= 4 is 36.4 Å². The third-order valence-corrected chi connectivity index (χ3v) is 4.03. The predicted molar refractivity (Wildman–Crippen MR) is 94.4 cm³/mol. The van der Waals surface area contributed by atoms with E-state index in [0.717, 1.165) is 50.1 Å². The number of aromatic hydroxyl groups is 1. The molecule has 1 fully saturated rings. The first-order valence-corrected chi connectivity index (χ1v) is 7.45. The Morgan fingerprint density at radius 1 is 1.29 bits per heavy atom. The molecule has 0 aliphatic carbocycles. The molecular formula is C15H25Cl3N2O. The first kappa shape index (κ1) is 20.8. The first-order chi connectivity index (χ1) is 9.13. The number of halogens is 3. The molecule has 0 aromatic heterocycles. The zero-order valence-corrected chi connectivity index (χ0v) is 15.0. The summed E-state index contributed by atoms with van der Waals surface area (Å²) in [6.07, 6.45) is 2.15. The average molecular weight is 356 g/mol. The van der Waals surface area contributed by atoms with Crippen LogP contribution >= 0.6 is 36.4 Å². The predicted octanol–water partition coefficient (Wildman–Crippen LogP) is 3.94. The van der Waals surface area contributed by atoms with Crippen LogP contribution in [-0.2, 0) is 0 Å². The summed E-state index contributed by atoms with van der Waals surface area (Å²) in [6, 6.07) is 4.01. The second kappa shape index (κ2) is 9.75. The van der Waals surface area contributed by atoms with Crippen LogP contribution in [-0.4, -0.2) is 36.2 Å². The average Bonchev–Trinajstić information content (AvgIpc) is 2.41. The Balaban J connectivity index is 0.00000200. The van der Waals surface area contributed by atoms with Gasteiger partial charge in [0.05, 0.1) is 0 Å². The lowest BCUT2D eigenvalue weighted by molar-refractivity contribution is 0.162. The van der Waals surface area contributed by atoms with E-state index in [1.54, 1.807) is 0 Å². The van der Waals surface area contributed by atoms with Crippen molar-refractivity contribution in [3.05, 3.63) is 28.3 Å². The molecule has 1 aliphatic rings. The molecular weight excluding hydrogens is 331 g/mol. The Bertz CT molecular complexity index is 437. The van der Waals surface area contributed by atoms with Crippen molar-refractivity contribution in [2.24, 2.45) is 0 Å². The van der Waals surface area contributed by atoms with Gasteiger partial charge in [-0.2, -0.15) is 0 Å². The highest BCUT2D eigenvalue weighted by molar-refractivity contribution is 6.30. The second-order valence-electron chi connectivity index (χ2n) is 5.25. The van der Waals surface area contributed by atoms with Gasteiger partial charge in [0, 0.05) is 42.8 Å². The maximum Gasteiger partial charge on any atom is 0.123 e. The topological polar surface area (TPSA) is 35.5 Å². The molecule has 1 aromatic carbocycles. The molecule has 0 amide bonds. The fraction of sp³-hybridized carbons (Fsp3) is 0.600. The quantitative estimate of drug-likeness (QED) is 0.858. The van der Waals surface area contributed by atoms with Crippen LogP contribution in [0.2, 0.25) is 5.02 Å². The van der Waals surface area contributed by atoms with Crippen LogP contribution in [0.1, 0.15) is 36.9 Å². The van der Waals surface area contributed by atoms with E-state index >= 15 is 0 Å². The fourth-order valence-electron chi connectivity index (χ4n) is 2.82. The van der Waals surface area contributed by atoms with Crippen LogP contribution < -0.4 is 5.32 Å². The molecule has 0 radical (unpaired) electrons. The van der Waals surface area contributed by atoms with Crippen LogP contribution in [0, 0.1) is 6.92 Å². The van der Waals surface area contributed by atoms with E-state index in [0.29, 0.717) is 10.8 Å². The molecule has 1 saturated heterocycles. The number of piperazine rings is 1. The van der Waals surface area contributed by atoms with Crippen LogP contribution in [0.25, 0.3) is 0 Å². The van der Waals surface area contributed by atoms with Gasteiger partial charge in [0.1, 0.15) is 5.75 Å². The summed E-state index contributed by atoms with van der Waals surface area (Å²) < 4.78 is 0. The summed E-state index contributed by atoms with van der Waals surface area (Å²) in [5.74, 6) is 0.404. The minimum atomic E-state index is 0. The molecule has 0 bridgehead atoms. The molecule has 0 spiro atoms. The fourth-order valence-corrected chi connectivity index (χ4v) is 3.10. The number of phenols is 1. The van der Waals surface area contributed by atoms with Gasteiger partial charge < -0.3 is 10.4 Å². The third kappa shape index (κ3) is 5.19. The maximum atomic E-state index is 10.3. The molecule has 122 valence electrons. The van der Waals surface area contributed by atoms with Crippen molar-refractivity contribution in [3.8, 4) is 5.75 Å². The van der Waals surface area contributed by atoms with E-state index < -0.39 is 0 Å². The number of hydrogen-bond donors (Lipinski definition) is 2. The number of nitrogens with one attached hydrogen (secondary N) is 1. The summed E-state index contributed by atoms with van der Waals surface area (Å²) >= 11 is 6.16. The van der Waals surface area contributed by atoms with E-state index in [1.165, 1.54) is 0 Å². The summed E-state index contributed by atoms with van der Waals surface area (Å²) in [7, 11) is 0. The normalized spacial score (nSPS) is 16.7. The van der Waals surface area contributed by atoms with Gasteiger partial charge in [-0.25, -0.2) is 0 Å². The SMILES string of the molecule is CCC[C@H](c1cc(Cl)cc(C)c1O)N1CCNCC1.Cl.Cl. The maximum absolute atomic E-state index is 10.3. The van der Waals surface area contributed by atoms with Crippen LogP contribution in [0.3, 0.4) is 0 Å². The number of nitrogens with zero attached hydrogens (tertiary/aromatic N) is 1. The van der Waals surface area contributed by atoms with Gasteiger partial charge in [-0.1, -0.05) is 24.9 Å². The minimum absolute atomic E-state index is 0. The van der Waals surface area contributed by atoms with Gasteiger partial charge in [-0.05, 0) is 31.0 Å². The molecule has 0 saturated carbocycles. The van der Waals surface area contributed by atoms with Crippen molar-refractivity contribution in [2.75, 3.05) is 26.2 Å². The van der Waals surface area contributed by atoms with Gasteiger partial charge in [-0.15, -0.1) is 24.8 Å². The van der Waals surface area contributed by atoms with Gasteiger partial charge in [0.2, 0.25) is 0 Å². The van der Waals surface area contributed by atoms with E-state index in [-0.39, 0.29) is 30.9 Å². The Hall–Kier alpha value is -0.190. The second-order valence-corrected chi connectivity index (χ2v) is 5.69. The zero-order chi connectivity index (χ0) is 13.8. The Morgan fingerprint density at radius 2 is 1.90 bits per heavy atom. The largest absolute Gasteiger partial charge is 0.507 e. The lowest BCUT2D eigenvalue weighted by atomic mass is 9.97. The lowest BCUT2D eigenvalue weighted by Gasteiger charge is -2.35. The zero-order valence-electron chi connectivity index (χ0n) is 12.6. The molecule has 0 unspecified atom stereocenters. The van der Waals surface area contributed by atoms with E-state index in [4.69, 9.17) is 11.6 Å². The standard InChI is InChI=1S/C15H23ClN2O.2ClH/c1-3-4-14(18-7-5-17-6-8-18)13-10-12(16)9-11(2)15(13)19;;/h9-10,14,17,19H,3-8H2,1-2H3;2*1H/t14-;;/m1../s1. The Labute approximate surface area is 144 Å². The third-order valence-electron chi connectivity index (χ3n) is 3.81. The summed E-state index contributed by atoms with van der Waals surface area (Å²) in [6.45, 7) is 8.17. The number of hydrogen-bond acceptors (Lipinski definition) is 3. The van der Waals surface area contributed by atoms with Crippen molar-refractivity contribution in [2.45, 2.75) is 32.7 Å². The molecule has 3 nitrogen and oxygen atoms in total. The van der Waals surface area contributed by atoms with Crippen molar-refractivity contribution < 1.29 is 5.11 Å². The van der Waals surface area contributed by atoms with Crippen LogP contribution in [0.15, 0.2) is 12.1 Å². The molecule has 1 aromatic rings. The molecule has 6 heteroatoms. The molecule has 21 heavy (non-hydrogen) atoms. The highest BCUT2D eigenvalue weighted by Crippen LogP contribution is 2.36.